The van der Waals surface area contributed by atoms with E-state index in [9.17, 15) is 9.59 Å². The lowest BCUT2D eigenvalue weighted by atomic mass is 9.94. The van der Waals surface area contributed by atoms with Gasteiger partial charge in [0.05, 0.1) is 6.10 Å². The summed E-state index contributed by atoms with van der Waals surface area (Å²) in [4.78, 5) is 23.4. The monoisotopic (exact) mass is 244 g/mol. The normalized spacial score (nSPS) is 14.5. The highest BCUT2D eigenvalue weighted by Gasteiger charge is 2.27. The third kappa shape index (κ3) is 2.21. The van der Waals surface area contributed by atoms with Gasteiger partial charge < -0.3 is 4.74 Å². The highest BCUT2D eigenvalue weighted by Crippen LogP contribution is 2.27. The van der Waals surface area contributed by atoms with Crippen LogP contribution in [0.1, 0.15) is 42.6 Å². The molecule has 94 valence electrons. The first kappa shape index (κ1) is 12.6. The van der Waals surface area contributed by atoms with Crippen LogP contribution in [-0.2, 0) is 9.53 Å². The Morgan fingerprint density at radius 1 is 1.06 bits per heavy atom. The van der Waals surface area contributed by atoms with Gasteiger partial charge in [0.25, 0.3) is 0 Å². The molecule has 0 unspecified atom stereocenters. The molecule has 0 atom stereocenters. The molecule has 0 spiro atoms. The van der Waals surface area contributed by atoms with Crippen molar-refractivity contribution in [2.45, 2.75) is 32.8 Å². The summed E-state index contributed by atoms with van der Waals surface area (Å²) in [7, 11) is 0. The maximum atomic E-state index is 11.7. The third-order valence-corrected chi connectivity index (χ3v) is 3.13. The summed E-state index contributed by atoms with van der Waals surface area (Å²) >= 11 is 0. The molecule has 0 heterocycles. The minimum absolute atomic E-state index is 0.0744. The molecule has 1 aliphatic rings. The SMILES string of the molecule is CCC(CC)OC1=CC(=O)C(=O)c2ccccc21. The quantitative estimate of drug-likeness (QED) is 0.765. The summed E-state index contributed by atoms with van der Waals surface area (Å²) in [5.74, 6) is -0.443. The van der Waals surface area contributed by atoms with Crippen molar-refractivity contribution in [1.82, 2.24) is 0 Å². The van der Waals surface area contributed by atoms with Crippen LogP contribution in [0.2, 0.25) is 0 Å². The molecule has 0 saturated heterocycles. The Morgan fingerprint density at radius 2 is 1.67 bits per heavy atom. The zero-order chi connectivity index (χ0) is 13.1. The van der Waals surface area contributed by atoms with Crippen LogP contribution in [0, 0.1) is 0 Å². The van der Waals surface area contributed by atoms with Crippen molar-refractivity contribution >= 4 is 17.3 Å². The van der Waals surface area contributed by atoms with Gasteiger partial charge in [0.15, 0.2) is 0 Å². The van der Waals surface area contributed by atoms with E-state index in [0.29, 0.717) is 16.9 Å². The fraction of sp³-hybridized carbons (Fsp3) is 0.333. The molecular weight excluding hydrogens is 228 g/mol. The van der Waals surface area contributed by atoms with Gasteiger partial charge in [-0.05, 0) is 12.8 Å². The van der Waals surface area contributed by atoms with E-state index >= 15 is 0 Å². The van der Waals surface area contributed by atoms with E-state index < -0.39 is 11.6 Å². The second-order valence-electron chi connectivity index (χ2n) is 4.30. The number of Topliss-reactive ketones (excluding diaryl/α,β-unsaturated/α-hetero) is 1. The first-order valence-corrected chi connectivity index (χ1v) is 6.23. The molecule has 0 amide bonds. The van der Waals surface area contributed by atoms with Gasteiger partial charge in [-0.3, -0.25) is 9.59 Å². The van der Waals surface area contributed by atoms with E-state index in [1.165, 1.54) is 6.08 Å². The molecule has 0 N–H and O–H groups in total. The minimum Gasteiger partial charge on any atom is -0.490 e. The zero-order valence-corrected chi connectivity index (χ0v) is 10.6. The smallest absolute Gasteiger partial charge is 0.233 e. The maximum absolute atomic E-state index is 11.7. The number of allylic oxidation sites excluding steroid dienone is 1. The zero-order valence-electron chi connectivity index (χ0n) is 10.6. The number of carbonyl (C=O) groups is 2. The molecule has 1 aromatic carbocycles. The van der Waals surface area contributed by atoms with Gasteiger partial charge in [-0.25, -0.2) is 0 Å². The lowest BCUT2D eigenvalue weighted by Gasteiger charge is -2.22. The van der Waals surface area contributed by atoms with Gasteiger partial charge in [0.1, 0.15) is 5.76 Å². The van der Waals surface area contributed by atoms with Crippen LogP contribution in [0.5, 0.6) is 0 Å². The summed E-state index contributed by atoms with van der Waals surface area (Å²) in [6.07, 6.45) is 3.13. The predicted octanol–water partition coefficient (Wildman–Crippen LogP) is 3.00. The largest absolute Gasteiger partial charge is 0.490 e. The maximum Gasteiger partial charge on any atom is 0.233 e. The van der Waals surface area contributed by atoms with Crippen LogP contribution in [0.15, 0.2) is 30.3 Å². The first-order valence-electron chi connectivity index (χ1n) is 6.23. The van der Waals surface area contributed by atoms with Crippen LogP contribution >= 0.6 is 0 Å². The van der Waals surface area contributed by atoms with E-state index in [1.54, 1.807) is 12.1 Å². The second-order valence-corrected chi connectivity index (χ2v) is 4.30. The summed E-state index contributed by atoms with van der Waals surface area (Å²) in [6, 6.07) is 7.07. The van der Waals surface area contributed by atoms with Gasteiger partial charge in [-0.15, -0.1) is 0 Å². The Hall–Kier alpha value is -1.90. The molecule has 1 aliphatic carbocycles. The molecular formula is C15H16O3. The molecule has 3 heteroatoms. The Labute approximate surface area is 106 Å². The standard InChI is InChI=1S/C15H16O3/c1-3-10(4-2)18-14-9-13(16)15(17)12-8-6-5-7-11(12)14/h5-10H,3-4H2,1-2H3. The number of hydrogen-bond acceptors (Lipinski definition) is 3. The van der Waals surface area contributed by atoms with E-state index in [-0.39, 0.29) is 6.10 Å². The number of benzene rings is 1. The van der Waals surface area contributed by atoms with Crippen molar-refractivity contribution < 1.29 is 14.3 Å². The van der Waals surface area contributed by atoms with Crippen LogP contribution in [-0.4, -0.2) is 17.7 Å². The van der Waals surface area contributed by atoms with Crippen molar-refractivity contribution in [2.24, 2.45) is 0 Å². The summed E-state index contributed by atoms with van der Waals surface area (Å²) < 4.78 is 5.82. The number of ketones is 2. The summed E-state index contributed by atoms with van der Waals surface area (Å²) in [5, 5.41) is 0. The molecule has 0 radical (unpaired) electrons. The van der Waals surface area contributed by atoms with E-state index in [4.69, 9.17) is 4.74 Å². The van der Waals surface area contributed by atoms with Crippen LogP contribution in [0.3, 0.4) is 0 Å². The first-order chi connectivity index (χ1) is 8.67. The number of carbonyl (C=O) groups excluding carboxylic acids is 2. The van der Waals surface area contributed by atoms with Gasteiger partial charge in [-0.2, -0.15) is 0 Å². The van der Waals surface area contributed by atoms with E-state index in [1.807, 2.05) is 26.0 Å². The molecule has 1 aromatic rings. The summed E-state index contributed by atoms with van der Waals surface area (Å²) in [5.41, 5.74) is 1.15. The van der Waals surface area contributed by atoms with Crippen molar-refractivity contribution in [3.63, 3.8) is 0 Å². The number of fused-ring (bicyclic) bond motifs is 1. The van der Waals surface area contributed by atoms with Crippen molar-refractivity contribution in [3.05, 3.63) is 41.5 Å². The van der Waals surface area contributed by atoms with Gasteiger partial charge in [0, 0.05) is 17.2 Å². The molecule has 2 rings (SSSR count). The van der Waals surface area contributed by atoms with Crippen LogP contribution < -0.4 is 0 Å². The fourth-order valence-corrected chi connectivity index (χ4v) is 2.02. The highest BCUT2D eigenvalue weighted by molar-refractivity contribution is 6.50. The molecule has 3 nitrogen and oxygen atoms in total. The second kappa shape index (κ2) is 5.17. The van der Waals surface area contributed by atoms with Gasteiger partial charge in [0.2, 0.25) is 11.6 Å². The van der Waals surface area contributed by atoms with E-state index in [0.717, 1.165) is 12.8 Å². The van der Waals surface area contributed by atoms with Crippen molar-refractivity contribution in [1.29, 1.82) is 0 Å². The predicted molar refractivity (Wildman–Crippen MR) is 69.2 cm³/mol. The van der Waals surface area contributed by atoms with Gasteiger partial charge in [-0.1, -0.05) is 38.1 Å². The Bertz CT molecular complexity index is 510. The average molecular weight is 244 g/mol. The lowest BCUT2D eigenvalue weighted by molar-refractivity contribution is -0.111. The molecule has 0 aromatic heterocycles. The topological polar surface area (TPSA) is 43.4 Å². The Balaban J connectivity index is 2.39. The molecule has 0 bridgehead atoms. The number of rotatable bonds is 4. The number of hydrogen-bond donors (Lipinski definition) is 0. The van der Waals surface area contributed by atoms with Crippen LogP contribution in [0.25, 0.3) is 5.76 Å². The molecule has 0 fully saturated rings. The molecule has 0 saturated carbocycles. The third-order valence-electron chi connectivity index (χ3n) is 3.13. The van der Waals surface area contributed by atoms with Crippen molar-refractivity contribution in [2.75, 3.05) is 0 Å². The van der Waals surface area contributed by atoms with E-state index in [2.05, 4.69) is 0 Å². The summed E-state index contributed by atoms with van der Waals surface area (Å²) in [6.45, 7) is 4.08. The average Bonchev–Trinajstić information content (AvgIpc) is 2.41. The highest BCUT2D eigenvalue weighted by atomic mass is 16.5. The molecule has 18 heavy (non-hydrogen) atoms. The Morgan fingerprint density at radius 3 is 2.28 bits per heavy atom. The fourth-order valence-electron chi connectivity index (χ4n) is 2.02. The minimum atomic E-state index is -0.505. The molecule has 0 aliphatic heterocycles. The van der Waals surface area contributed by atoms with Crippen LogP contribution in [0.4, 0.5) is 0 Å². The Kier molecular flexibility index (Phi) is 3.60. The van der Waals surface area contributed by atoms with Crippen molar-refractivity contribution in [3.8, 4) is 0 Å². The van der Waals surface area contributed by atoms with Gasteiger partial charge >= 0.3 is 0 Å². The lowest BCUT2D eigenvalue weighted by Crippen LogP contribution is -2.21. The number of ether oxygens (including phenoxy) is 1.